The van der Waals surface area contributed by atoms with Crippen LogP contribution in [0.3, 0.4) is 0 Å². The summed E-state index contributed by atoms with van der Waals surface area (Å²) in [6.45, 7) is 0. The predicted molar refractivity (Wildman–Crippen MR) is 69.5 cm³/mol. The monoisotopic (exact) mass is 298 g/mol. The van der Waals surface area contributed by atoms with E-state index in [-0.39, 0.29) is 4.90 Å². The summed E-state index contributed by atoms with van der Waals surface area (Å²) in [5.74, 6) is 0.0859. The van der Waals surface area contributed by atoms with Gasteiger partial charge in [0, 0.05) is 12.0 Å². The Morgan fingerprint density at radius 2 is 1.95 bits per heavy atom. The van der Waals surface area contributed by atoms with Crippen LogP contribution in [0.2, 0.25) is 5.15 Å². The largest absolute Gasteiger partial charge is 0.226 e. The van der Waals surface area contributed by atoms with E-state index >= 15 is 0 Å². The molecule has 0 amide bonds. The molecule has 0 atom stereocenters. The van der Waals surface area contributed by atoms with E-state index < -0.39 is 11.6 Å². The minimum absolute atomic E-state index is 0.191. The number of hydrogen-bond acceptors (Lipinski definition) is 3. The highest BCUT2D eigenvalue weighted by Gasteiger charge is 2.27. The van der Waals surface area contributed by atoms with Crippen LogP contribution < -0.4 is 0 Å². The molecule has 0 aliphatic heterocycles. The molecular weight excluding hydrogens is 290 g/mol. The van der Waals surface area contributed by atoms with Crippen molar-refractivity contribution in [1.29, 1.82) is 0 Å². The number of hydrogen-bond donors (Lipinski definition) is 0. The van der Waals surface area contributed by atoms with Crippen LogP contribution in [0, 0.1) is 11.6 Å². The molecule has 1 aromatic carbocycles. The first-order valence-electron chi connectivity index (χ1n) is 5.79. The lowest BCUT2D eigenvalue weighted by molar-refractivity contribution is 0.577. The van der Waals surface area contributed by atoms with Crippen LogP contribution in [0.25, 0.3) is 0 Å². The zero-order valence-corrected chi connectivity index (χ0v) is 11.3. The van der Waals surface area contributed by atoms with Gasteiger partial charge in [0.05, 0.1) is 4.90 Å². The Morgan fingerprint density at radius 1 is 1.16 bits per heavy atom. The number of nitrogens with zero attached hydrogens (tertiary/aromatic N) is 2. The lowest BCUT2D eigenvalue weighted by Crippen LogP contribution is -1.95. The van der Waals surface area contributed by atoms with E-state index in [0.29, 0.717) is 21.9 Å². The first-order valence-corrected chi connectivity index (χ1v) is 6.98. The Bertz CT molecular complexity index is 632. The Kier molecular flexibility index (Phi) is 3.41. The van der Waals surface area contributed by atoms with Gasteiger partial charge in [-0.1, -0.05) is 23.4 Å². The minimum atomic E-state index is -0.480. The van der Waals surface area contributed by atoms with Gasteiger partial charge in [-0.15, -0.1) is 0 Å². The fraction of sp³-hybridized carbons (Fsp3) is 0.231. The van der Waals surface area contributed by atoms with Crippen molar-refractivity contribution in [3.8, 4) is 0 Å². The highest BCUT2D eigenvalue weighted by atomic mass is 35.5. The van der Waals surface area contributed by atoms with Gasteiger partial charge in [0.15, 0.2) is 0 Å². The van der Waals surface area contributed by atoms with Crippen LogP contribution in [0.5, 0.6) is 0 Å². The molecule has 0 N–H and O–H groups in total. The van der Waals surface area contributed by atoms with Gasteiger partial charge in [-0.3, -0.25) is 0 Å². The molecule has 19 heavy (non-hydrogen) atoms. The first kappa shape index (κ1) is 12.8. The average Bonchev–Trinajstić information content (AvgIpc) is 3.17. The maximum Gasteiger partial charge on any atom is 0.137 e. The third-order valence-electron chi connectivity index (χ3n) is 2.74. The molecule has 2 nitrogen and oxygen atoms in total. The Morgan fingerprint density at radius 3 is 2.68 bits per heavy atom. The molecule has 0 saturated heterocycles. The third-order valence-corrected chi connectivity index (χ3v) is 3.88. The molecule has 1 heterocycles. The number of aromatic nitrogens is 2. The molecule has 1 aromatic heterocycles. The first-order chi connectivity index (χ1) is 9.11. The van der Waals surface area contributed by atoms with E-state index in [2.05, 4.69) is 9.97 Å². The summed E-state index contributed by atoms with van der Waals surface area (Å²) in [4.78, 5) is 8.68. The maximum absolute atomic E-state index is 13.6. The second-order valence-electron chi connectivity index (χ2n) is 4.34. The van der Waals surface area contributed by atoms with E-state index in [0.717, 1.165) is 42.8 Å². The molecule has 0 unspecified atom stereocenters. The van der Waals surface area contributed by atoms with Crippen LogP contribution in [-0.4, -0.2) is 9.97 Å². The van der Waals surface area contributed by atoms with Crippen molar-refractivity contribution in [3.63, 3.8) is 0 Å². The molecule has 0 bridgehead atoms. The van der Waals surface area contributed by atoms with Crippen molar-refractivity contribution in [2.24, 2.45) is 0 Å². The van der Waals surface area contributed by atoms with Crippen molar-refractivity contribution in [2.45, 2.75) is 28.7 Å². The van der Waals surface area contributed by atoms with Crippen LogP contribution >= 0.6 is 23.4 Å². The molecule has 6 heteroatoms. The second kappa shape index (κ2) is 5.06. The SMILES string of the molecule is Fc1ccc(F)c(Sc2cc(Cl)nc(C3CC3)n2)c1. The molecule has 1 aliphatic carbocycles. The fourth-order valence-electron chi connectivity index (χ4n) is 1.66. The Labute approximate surface area is 118 Å². The van der Waals surface area contributed by atoms with E-state index in [1.54, 1.807) is 6.07 Å². The summed E-state index contributed by atoms with van der Waals surface area (Å²) < 4.78 is 26.7. The van der Waals surface area contributed by atoms with Crippen LogP contribution in [0.1, 0.15) is 24.6 Å². The van der Waals surface area contributed by atoms with Crippen LogP contribution in [0.4, 0.5) is 8.78 Å². The maximum atomic E-state index is 13.6. The van der Waals surface area contributed by atoms with Crippen molar-refractivity contribution in [1.82, 2.24) is 9.97 Å². The molecule has 1 aliphatic rings. The van der Waals surface area contributed by atoms with Crippen molar-refractivity contribution < 1.29 is 8.78 Å². The fourth-order valence-corrected chi connectivity index (χ4v) is 2.78. The standard InChI is InChI=1S/C13H9ClF2N2S/c14-11-6-12(18-13(17-11)7-1-2-7)19-10-5-8(15)3-4-9(10)16/h3-7H,1-2H2. The van der Waals surface area contributed by atoms with E-state index in [1.807, 2.05) is 0 Å². The lowest BCUT2D eigenvalue weighted by atomic mass is 10.3. The van der Waals surface area contributed by atoms with Crippen molar-refractivity contribution >= 4 is 23.4 Å². The minimum Gasteiger partial charge on any atom is -0.226 e. The molecule has 2 aromatic rings. The van der Waals surface area contributed by atoms with Gasteiger partial charge >= 0.3 is 0 Å². The van der Waals surface area contributed by atoms with Gasteiger partial charge in [-0.05, 0) is 31.0 Å². The second-order valence-corrected chi connectivity index (χ2v) is 5.79. The Hall–Kier alpha value is -1.20. The van der Waals surface area contributed by atoms with Gasteiger partial charge in [-0.2, -0.15) is 0 Å². The van der Waals surface area contributed by atoms with Crippen LogP contribution in [0.15, 0.2) is 34.2 Å². The molecule has 0 spiro atoms. The Balaban J connectivity index is 1.92. The van der Waals surface area contributed by atoms with E-state index in [1.165, 1.54) is 0 Å². The highest BCUT2D eigenvalue weighted by Crippen LogP contribution is 2.39. The summed E-state index contributed by atoms with van der Waals surface area (Å²) in [6.07, 6.45) is 2.11. The molecular formula is C13H9ClF2N2S. The topological polar surface area (TPSA) is 25.8 Å². The van der Waals surface area contributed by atoms with Crippen molar-refractivity contribution in [2.75, 3.05) is 0 Å². The van der Waals surface area contributed by atoms with Gasteiger partial charge < -0.3 is 0 Å². The highest BCUT2D eigenvalue weighted by molar-refractivity contribution is 7.99. The predicted octanol–water partition coefficient (Wildman–Crippen LogP) is 4.44. The molecule has 0 radical (unpaired) electrons. The van der Waals surface area contributed by atoms with Gasteiger partial charge in [0.25, 0.3) is 0 Å². The molecule has 3 rings (SSSR count). The smallest absolute Gasteiger partial charge is 0.137 e. The lowest BCUT2D eigenvalue weighted by Gasteiger charge is -2.05. The zero-order valence-electron chi connectivity index (χ0n) is 9.74. The summed E-state index contributed by atoms with van der Waals surface area (Å²) >= 11 is 6.98. The quantitative estimate of drug-likeness (QED) is 0.784. The summed E-state index contributed by atoms with van der Waals surface area (Å²) in [6, 6.07) is 4.89. The van der Waals surface area contributed by atoms with Gasteiger partial charge in [-0.25, -0.2) is 18.7 Å². The summed E-state index contributed by atoms with van der Waals surface area (Å²) in [5, 5.41) is 0.864. The zero-order chi connectivity index (χ0) is 13.4. The van der Waals surface area contributed by atoms with Crippen LogP contribution in [-0.2, 0) is 0 Å². The number of benzene rings is 1. The van der Waals surface area contributed by atoms with E-state index in [4.69, 9.17) is 11.6 Å². The number of rotatable bonds is 3. The number of halogens is 3. The average molecular weight is 299 g/mol. The summed E-state index contributed by atoms with van der Waals surface area (Å²) in [7, 11) is 0. The molecule has 1 fully saturated rings. The van der Waals surface area contributed by atoms with Gasteiger partial charge in [0.2, 0.25) is 0 Å². The van der Waals surface area contributed by atoms with Crippen molar-refractivity contribution in [3.05, 3.63) is 46.9 Å². The van der Waals surface area contributed by atoms with Gasteiger partial charge in [0.1, 0.15) is 27.6 Å². The normalized spacial score (nSPS) is 14.7. The van der Waals surface area contributed by atoms with E-state index in [9.17, 15) is 8.78 Å². The molecule has 1 saturated carbocycles. The molecule has 98 valence electrons. The third kappa shape index (κ3) is 3.04. The summed E-state index contributed by atoms with van der Waals surface area (Å²) in [5.41, 5.74) is 0.